The standard InChI is InChI=1S/C15H19F3N2O3.ClH/c1-22-12-5-4-11(7-13(12)23-8-15(16,17)18)20-14(21)9-2-3-10(19)6-9;/h4-5,7,9-10H,2-3,6,8,19H2,1H3,(H,20,21);1H. The van der Waals surface area contributed by atoms with E-state index in [0.29, 0.717) is 18.5 Å². The SMILES string of the molecule is COc1ccc(NC(=O)C2CCC(N)C2)cc1OCC(F)(F)F.Cl. The van der Waals surface area contributed by atoms with E-state index in [0.717, 1.165) is 6.42 Å². The third kappa shape index (κ3) is 5.76. The molecular formula is C15H20ClF3N2O3. The Labute approximate surface area is 144 Å². The fourth-order valence-electron chi connectivity index (χ4n) is 2.53. The molecule has 0 bridgehead atoms. The summed E-state index contributed by atoms with van der Waals surface area (Å²) in [5, 5.41) is 2.68. The number of nitrogens with one attached hydrogen (secondary N) is 1. The van der Waals surface area contributed by atoms with Crippen LogP contribution in [0, 0.1) is 5.92 Å². The largest absolute Gasteiger partial charge is 0.493 e. The predicted octanol–water partition coefficient (Wildman–Crippen LogP) is 3.12. The zero-order valence-electron chi connectivity index (χ0n) is 13.1. The van der Waals surface area contributed by atoms with E-state index in [1.165, 1.54) is 19.2 Å². The molecule has 2 rings (SSSR count). The maximum Gasteiger partial charge on any atom is 0.422 e. The number of ether oxygens (including phenoxy) is 2. The fourth-order valence-corrected chi connectivity index (χ4v) is 2.53. The lowest BCUT2D eigenvalue weighted by Crippen LogP contribution is -2.23. The van der Waals surface area contributed by atoms with Crippen LogP contribution >= 0.6 is 12.4 Å². The monoisotopic (exact) mass is 368 g/mol. The normalized spacial score (nSPS) is 20.2. The van der Waals surface area contributed by atoms with Crippen molar-refractivity contribution in [1.82, 2.24) is 0 Å². The lowest BCUT2D eigenvalue weighted by atomic mass is 10.1. The van der Waals surface area contributed by atoms with Crippen LogP contribution in [0.4, 0.5) is 18.9 Å². The molecule has 0 aliphatic heterocycles. The molecule has 5 nitrogen and oxygen atoms in total. The molecule has 0 spiro atoms. The smallest absolute Gasteiger partial charge is 0.422 e. The van der Waals surface area contributed by atoms with Gasteiger partial charge >= 0.3 is 6.18 Å². The minimum absolute atomic E-state index is 0. The average Bonchev–Trinajstić information content (AvgIpc) is 2.91. The van der Waals surface area contributed by atoms with Gasteiger partial charge in [0.25, 0.3) is 0 Å². The maximum absolute atomic E-state index is 12.3. The number of rotatable bonds is 5. The highest BCUT2D eigenvalue weighted by Crippen LogP contribution is 2.32. The zero-order chi connectivity index (χ0) is 17.0. The van der Waals surface area contributed by atoms with Gasteiger partial charge in [-0.3, -0.25) is 4.79 Å². The average molecular weight is 369 g/mol. The van der Waals surface area contributed by atoms with E-state index in [4.69, 9.17) is 15.2 Å². The lowest BCUT2D eigenvalue weighted by molar-refractivity contribution is -0.153. The number of hydrogen-bond acceptors (Lipinski definition) is 4. The van der Waals surface area contributed by atoms with Crippen molar-refractivity contribution in [2.24, 2.45) is 11.7 Å². The first kappa shape index (κ1) is 20.4. The van der Waals surface area contributed by atoms with E-state index in [1.807, 2.05) is 0 Å². The van der Waals surface area contributed by atoms with Crippen LogP contribution in [0.5, 0.6) is 11.5 Å². The highest BCUT2D eigenvalue weighted by Gasteiger charge is 2.30. The first-order chi connectivity index (χ1) is 10.8. The number of halogens is 4. The van der Waals surface area contributed by atoms with Gasteiger partial charge in [0, 0.05) is 23.7 Å². The van der Waals surface area contributed by atoms with Crippen molar-refractivity contribution < 1.29 is 27.4 Å². The van der Waals surface area contributed by atoms with Gasteiger partial charge in [0.15, 0.2) is 18.1 Å². The summed E-state index contributed by atoms with van der Waals surface area (Å²) in [5.41, 5.74) is 6.13. The molecule has 1 aliphatic rings. The molecule has 1 fully saturated rings. The summed E-state index contributed by atoms with van der Waals surface area (Å²) in [6, 6.07) is 4.33. The van der Waals surface area contributed by atoms with Crippen LogP contribution in [-0.4, -0.2) is 31.8 Å². The Balaban J connectivity index is 0.00000288. The van der Waals surface area contributed by atoms with Crippen LogP contribution < -0.4 is 20.5 Å². The van der Waals surface area contributed by atoms with E-state index in [9.17, 15) is 18.0 Å². The van der Waals surface area contributed by atoms with E-state index >= 15 is 0 Å². The molecule has 0 heterocycles. The molecule has 2 unspecified atom stereocenters. The molecule has 1 aliphatic carbocycles. The third-order valence-corrected chi connectivity index (χ3v) is 3.67. The summed E-state index contributed by atoms with van der Waals surface area (Å²) in [6.45, 7) is -1.43. The topological polar surface area (TPSA) is 73.6 Å². The van der Waals surface area contributed by atoms with Gasteiger partial charge < -0.3 is 20.5 Å². The molecule has 0 aromatic heterocycles. The molecule has 9 heteroatoms. The molecule has 2 atom stereocenters. The minimum Gasteiger partial charge on any atom is -0.493 e. The van der Waals surface area contributed by atoms with E-state index in [1.54, 1.807) is 6.07 Å². The van der Waals surface area contributed by atoms with Gasteiger partial charge in [-0.25, -0.2) is 0 Å². The van der Waals surface area contributed by atoms with Crippen LogP contribution in [0.25, 0.3) is 0 Å². The quantitative estimate of drug-likeness (QED) is 0.837. The molecule has 0 saturated heterocycles. The summed E-state index contributed by atoms with van der Waals surface area (Å²) in [6.07, 6.45) is -2.34. The molecule has 136 valence electrons. The number of carbonyl (C=O) groups excluding carboxylic acids is 1. The Hall–Kier alpha value is -1.67. The van der Waals surface area contributed by atoms with Crippen molar-refractivity contribution in [3.63, 3.8) is 0 Å². The number of carbonyl (C=O) groups is 1. The highest BCUT2D eigenvalue weighted by molar-refractivity contribution is 5.93. The van der Waals surface area contributed by atoms with Crippen molar-refractivity contribution in [2.45, 2.75) is 31.5 Å². The Morgan fingerprint density at radius 1 is 1.33 bits per heavy atom. The predicted molar refractivity (Wildman–Crippen MR) is 85.7 cm³/mol. The second-order valence-electron chi connectivity index (χ2n) is 5.53. The Morgan fingerprint density at radius 2 is 2.04 bits per heavy atom. The first-order valence-electron chi connectivity index (χ1n) is 7.22. The van der Waals surface area contributed by atoms with Gasteiger partial charge in [-0.05, 0) is 31.4 Å². The number of methoxy groups -OCH3 is 1. The molecule has 1 aromatic rings. The van der Waals surface area contributed by atoms with Crippen LogP contribution in [-0.2, 0) is 4.79 Å². The summed E-state index contributed by atoms with van der Waals surface area (Å²) in [7, 11) is 1.33. The van der Waals surface area contributed by atoms with Crippen LogP contribution in [0.15, 0.2) is 18.2 Å². The van der Waals surface area contributed by atoms with Crippen molar-refractivity contribution in [1.29, 1.82) is 0 Å². The Kier molecular flexibility index (Phi) is 7.16. The van der Waals surface area contributed by atoms with E-state index < -0.39 is 12.8 Å². The Morgan fingerprint density at radius 3 is 2.58 bits per heavy atom. The molecule has 3 N–H and O–H groups in total. The molecule has 1 amide bonds. The van der Waals surface area contributed by atoms with Crippen molar-refractivity contribution in [3.8, 4) is 11.5 Å². The number of anilines is 1. The summed E-state index contributed by atoms with van der Waals surface area (Å²) < 4.78 is 46.5. The van der Waals surface area contributed by atoms with Gasteiger partial charge in [0.2, 0.25) is 5.91 Å². The number of benzene rings is 1. The number of hydrogen-bond donors (Lipinski definition) is 2. The third-order valence-electron chi connectivity index (χ3n) is 3.67. The van der Waals surface area contributed by atoms with Gasteiger partial charge in [-0.15, -0.1) is 12.4 Å². The summed E-state index contributed by atoms with van der Waals surface area (Å²) in [5.74, 6) is -0.280. The van der Waals surface area contributed by atoms with Crippen LogP contribution in [0.1, 0.15) is 19.3 Å². The number of amides is 1. The maximum atomic E-state index is 12.3. The highest BCUT2D eigenvalue weighted by atomic mass is 35.5. The Bertz CT molecular complexity index is 569. The van der Waals surface area contributed by atoms with Crippen molar-refractivity contribution in [3.05, 3.63) is 18.2 Å². The van der Waals surface area contributed by atoms with Crippen LogP contribution in [0.2, 0.25) is 0 Å². The van der Waals surface area contributed by atoms with Gasteiger partial charge in [-0.1, -0.05) is 0 Å². The van der Waals surface area contributed by atoms with Crippen molar-refractivity contribution in [2.75, 3.05) is 19.0 Å². The molecule has 0 radical (unpaired) electrons. The number of nitrogens with two attached hydrogens (primary N) is 1. The zero-order valence-corrected chi connectivity index (χ0v) is 13.9. The molecular weight excluding hydrogens is 349 g/mol. The fraction of sp³-hybridized carbons (Fsp3) is 0.533. The van der Waals surface area contributed by atoms with Gasteiger partial charge in [0.1, 0.15) is 0 Å². The summed E-state index contributed by atoms with van der Waals surface area (Å²) >= 11 is 0. The van der Waals surface area contributed by atoms with Gasteiger partial charge in [-0.2, -0.15) is 13.2 Å². The van der Waals surface area contributed by atoms with E-state index in [2.05, 4.69) is 5.32 Å². The lowest BCUT2D eigenvalue weighted by Gasteiger charge is -2.15. The van der Waals surface area contributed by atoms with Crippen LogP contribution in [0.3, 0.4) is 0 Å². The second kappa shape index (κ2) is 8.43. The number of alkyl halides is 3. The summed E-state index contributed by atoms with van der Waals surface area (Å²) in [4.78, 5) is 12.1. The molecule has 1 aromatic carbocycles. The second-order valence-corrected chi connectivity index (χ2v) is 5.53. The first-order valence-corrected chi connectivity index (χ1v) is 7.22. The molecule has 1 saturated carbocycles. The van der Waals surface area contributed by atoms with E-state index in [-0.39, 0.29) is 41.8 Å². The van der Waals surface area contributed by atoms with Crippen molar-refractivity contribution >= 4 is 24.0 Å². The minimum atomic E-state index is -4.45. The molecule has 24 heavy (non-hydrogen) atoms. The van der Waals surface area contributed by atoms with Gasteiger partial charge in [0.05, 0.1) is 7.11 Å².